The lowest BCUT2D eigenvalue weighted by Crippen LogP contribution is -2.42. The molecule has 0 aromatic heterocycles. The molecule has 1 atom stereocenters. The number of hydrogen-bond acceptors (Lipinski definition) is 3. The highest BCUT2D eigenvalue weighted by Crippen LogP contribution is 2.19. The van der Waals surface area contributed by atoms with Gasteiger partial charge < -0.3 is 10.6 Å². The third kappa shape index (κ3) is 8.78. The topological polar surface area (TPSA) is 73.8 Å². The van der Waals surface area contributed by atoms with Gasteiger partial charge in [-0.25, -0.2) is 17.7 Å². The van der Waals surface area contributed by atoms with Crippen LogP contribution in [0.1, 0.15) is 46.1 Å². The van der Waals surface area contributed by atoms with Gasteiger partial charge in [0.25, 0.3) is 0 Å². The van der Waals surface area contributed by atoms with E-state index in [1.165, 1.54) is 18.4 Å². The number of nitrogens with one attached hydrogen (secondary N) is 2. The Bertz CT molecular complexity index is 691. The fourth-order valence-corrected chi connectivity index (χ4v) is 3.56. The minimum atomic E-state index is -3.49. The molecule has 6 nitrogen and oxygen atoms in total. The van der Waals surface area contributed by atoms with E-state index in [9.17, 15) is 8.42 Å². The molecule has 27 heavy (non-hydrogen) atoms. The molecule has 0 aliphatic heterocycles. The van der Waals surface area contributed by atoms with Crippen molar-refractivity contribution in [3.8, 4) is 0 Å². The Kier molecular flexibility index (Phi) is 12.2. The summed E-state index contributed by atoms with van der Waals surface area (Å²) in [7, 11) is -0.407. The highest BCUT2D eigenvalue weighted by Gasteiger charge is 2.20. The summed E-state index contributed by atoms with van der Waals surface area (Å²) in [5, 5.41) is 6.63. The summed E-state index contributed by atoms with van der Waals surface area (Å²) in [6, 6.07) is 7.32. The van der Waals surface area contributed by atoms with Gasteiger partial charge in [0.2, 0.25) is 10.0 Å². The number of aliphatic imine (C=N–C) groups is 1. The second-order valence-corrected chi connectivity index (χ2v) is 9.23. The average Bonchev–Trinajstić information content (AvgIpc) is 2.58. The van der Waals surface area contributed by atoms with Crippen LogP contribution in [0.2, 0.25) is 0 Å². The molecule has 156 valence electrons. The molecular weight excluding hydrogens is 475 g/mol. The monoisotopic (exact) mass is 510 g/mol. The van der Waals surface area contributed by atoms with Gasteiger partial charge in [-0.1, -0.05) is 32.0 Å². The van der Waals surface area contributed by atoms with Crippen LogP contribution in [0.3, 0.4) is 0 Å². The Morgan fingerprint density at radius 1 is 1.15 bits per heavy atom. The zero-order valence-electron chi connectivity index (χ0n) is 17.3. The molecule has 0 radical (unpaired) electrons. The Morgan fingerprint density at radius 3 is 2.33 bits per heavy atom. The van der Waals surface area contributed by atoms with Gasteiger partial charge >= 0.3 is 0 Å². The summed E-state index contributed by atoms with van der Waals surface area (Å²) >= 11 is 0. The van der Waals surface area contributed by atoms with Gasteiger partial charge in [-0.15, -0.1) is 24.0 Å². The summed E-state index contributed by atoms with van der Waals surface area (Å²) in [5.74, 6) is 1.38. The first-order chi connectivity index (χ1) is 12.2. The third-order valence-corrected chi connectivity index (χ3v) is 5.96. The molecule has 2 N–H and O–H groups in total. The second-order valence-electron chi connectivity index (χ2n) is 7.11. The van der Waals surface area contributed by atoms with Crippen molar-refractivity contribution in [3.05, 3.63) is 29.8 Å². The number of sulfonamides is 1. The van der Waals surface area contributed by atoms with Crippen LogP contribution in [0.25, 0.3) is 0 Å². The Balaban J connectivity index is 0.00000676. The Hall–Kier alpha value is -0.870. The number of halogens is 1. The smallest absolute Gasteiger partial charge is 0.242 e. The number of guanidine groups is 1. The van der Waals surface area contributed by atoms with Gasteiger partial charge in [0.1, 0.15) is 0 Å². The van der Waals surface area contributed by atoms with Crippen LogP contribution >= 0.6 is 24.0 Å². The molecule has 1 rings (SSSR count). The molecule has 0 spiro atoms. The van der Waals surface area contributed by atoms with Crippen LogP contribution in [0.15, 0.2) is 34.2 Å². The van der Waals surface area contributed by atoms with Crippen LogP contribution in [0.4, 0.5) is 0 Å². The molecule has 8 heteroatoms. The molecular formula is C19H35IN4O2S. The summed E-state index contributed by atoms with van der Waals surface area (Å²) < 4.78 is 26.2. The van der Waals surface area contributed by atoms with E-state index in [1.54, 1.807) is 12.1 Å². The molecule has 0 saturated heterocycles. The summed E-state index contributed by atoms with van der Waals surface area (Å²) in [6.45, 7) is 9.64. The van der Waals surface area contributed by atoms with Crippen LogP contribution in [0.5, 0.6) is 0 Å². The summed E-state index contributed by atoms with van der Waals surface area (Å²) in [4.78, 5) is 4.90. The Morgan fingerprint density at radius 2 is 1.78 bits per heavy atom. The number of benzene rings is 1. The van der Waals surface area contributed by atoms with Crippen molar-refractivity contribution in [2.24, 2.45) is 10.9 Å². The maximum atomic E-state index is 12.5. The van der Waals surface area contributed by atoms with Crippen LogP contribution in [-0.2, 0) is 16.6 Å². The average molecular weight is 510 g/mol. The normalized spacial score (nSPS) is 13.4. The van der Waals surface area contributed by atoms with Gasteiger partial charge in [-0.3, -0.25) is 0 Å². The number of rotatable bonds is 9. The van der Waals surface area contributed by atoms with E-state index >= 15 is 0 Å². The molecule has 1 aromatic rings. The van der Waals surface area contributed by atoms with Crippen molar-refractivity contribution >= 4 is 40.0 Å². The van der Waals surface area contributed by atoms with Crippen molar-refractivity contribution in [1.29, 1.82) is 0 Å². The lowest BCUT2D eigenvalue weighted by molar-refractivity contribution is 0.489. The lowest BCUT2D eigenvalue weighted by atomic mass is 10.0. The van der Waals surface area contributed by atoms with Gasteiger partial charge in [-0.05, 0) is 44.2 Å². The minimum absolute atomic E-state index is 0. The second kappa shape index (κ2) is 12.6. The zero-order chi connectivity index (χ0) is 19.7. The quantitative estimate of drug-likeness (QED) is 0.303. The lowest BCUT2D eigenvalue weighted by Gasteiger charge is -2.19. The van der Waals surface area contributed by atoms with Gasteiger partial charge in [0, 0.05) is 26.7 Å². The number of hydrogen-bond donors (Lipinski definition) is 2. The Labute approximate surface area is 182 Å². The minimum Gasteiger partial charge on any atom is -0.357 e. The van der Waals surface area contributed by atoms with Gasteiger partial charge in [-0.2, -0.15) is 0 Å². The van der Waals surface area contributed by atoms with Crippen LogP contribution in [-0.4, -0.2) is 45.4 Å². The van der Waals surface area contributed by atoms with E-state index in [-0.39, 0.29) is 24.0 Å². The van der Waals surface area contributed by atoms with Crippen molar-refractivity contribution in [3.63, 3.8) is 0 Å². The fourth-order valence-electron chi connectivity index (χ4n) is 2.46. The number of nitrogens with zero attached hydrogens (tertiary/aromatic N) is 2. The first-order valence-electron chi connectivity index (χ1n) is 9.23. The van der Waals surface area contributed by atoms with Crippen LogP contribution < -0.4 is 10.6 Å². The fraction of sp³-hybridized carbons (Fsp3) is 0.632. The first kappa shape index (κ1) is 26.1. The molecule has 0 amide bonds. The van der Waals surface area contributed by atoms with Crippen molar-refractivity contribution in [2.45, 2.75) is 58.0 Å². The SMILES string of the molecule is CCNC(=NCc1ccccc1S(=O)(=O)N(C)C)NC(C)CCC(C)C.I. The van der Waals surface area contributed by atoms with E-state index in [0.29, 0.717) is 34.9 Å². The van der Waals surface area contributed by atoms with E-state index < -0.39 is 10.0 Å². The van der Waals surface area contributed by atoms with E-state index in [2.05, 4.69) is 36.4 Å². The standard InChI is InChI=1S/C19H34N4O2S.HI/c1-7-20-19(22-16(4)13-12-15(2)3)21-14-17-10-8-9-11-18(17)26(24,25)23(5)6;/h8-11,15-16H,7,12-14H2,1-6H3,(H2,20,21,22);1H. The molecule has 1 unspecified atom stereocenters. The summed E-state index contributed by atoms with van der Waals surface area (Å²) in [6.07, 6.45) is 2.21. The predicted octanol–water partition coefficient (Wildman–Crippen LogP) is 3.43. The molecule has 0 aliphatic rings. The highest BCUT2D eigenvalue weighted by molar-refractivity contribution is 14.0. The third-order valence-electron chi connectivity index (χ3n) is 4.04. The van der Waals surface area contributed by atoms with Crippen molar-refractivity contribution < 1.29 is 8.42 Å². The van der Waals surface area contributed by atoms with E-state index in [4.69, 9.17) is 0 Å². The zero-order valence-corrected chi connectivity index (χ0v) is 20.5. The molecule has 0 saturated carbocycles. The molecule has 0 aliphatic carbocycles. The maximum absolute atomic E-state index is 12.5. The van der Waals surface area contributed by atoms with E-state index in [0.717, 1.165) is 19.4 Å². The molecule has 1 aromatic carbocycles. The first-order valence-corrected chi connectivity index (χ1v) is 10.7. The van der Waals surface area contributed by atoms with Crippen molar-refractivity contribution in [1.82, 2.24) is 14.9 Å². The summed E-state index contributed by atoms with van der Waals surface area (Å²) in [5.41, 5.74) is 0.688. The predicted molar refractivity (Wildman–Crippen MR) is 124 cm³/mol. The largest absolute Gasteiger partial charge is 0.357 e. The van der Waals surface area contributed by atoms with Crippen molar-refractivity contribution in [2.75, 3.05) is 20.6 Å². The molecule has 0 bridgehead atoms. The molecule has 0 heterocycles. The van der Waals surface area contributed by atoms with Crippen LogP contribution in [0, 0.1) is 5.92 Å². The highest BCUT2D eigenvalue weighted by atomic mass is 127. The maximum Gasteiger partial charge on any atom is 0.242 e. The molecule has 0 fully saturated rings. The van der Waals surface area contributed by atoms with Gasteiger partial charge in [0.15, 0.2) is 5.96 Å². The van der Waals surface area contributed by atoms with Gasteiger partial charge in [0.05, 0.1) is 11.4 Å². The van der Waals surface area contributed by atoms with E-state index in [1.807, 2.05) is 19.1 Å².